The van der Waals surface area contributed by atoms with Gasteiger partial charge in [-0.05, 0) is 24.5 Å². The van der Waals surface area contributed by atoms with Gasteiger partial charge in [0.2, 0.25) is 0 Å². The van der Waals surface area contributed by atoms with Gasteiger partial charge >= 0.3 is 6.18 Å². The van der Waals surface area contributed by atoms with Gasteiger partial charge in [0.1, 0.15) is 0 Å². The minimum absolute atomic E-state index is 0.0194. The molecule has 1 aromatic rings. The number of rotatable bonds is 3. The Hall–Kier alpha value is -1.51. The van der Waals surface area contributed by atoms with Gasteiger partial charge in [-0.25, -0.2) is 0 Å². The van der Waals surface area contributed by atoms with Crippen LogP contribution in [0.25, 0.3) is 0 Å². The molecule has 0 amide bonds. The smallest absolute Gasteiger partial charge is 0.385 e. The molecule has 0 radical (unpaired) electrons. The second-order valence-corrected chi connectivity index (χ2v) is 5.37. The topological polar surface area (TPSA) is 23.5 Å². The number of hydrogen-bond acceptors (Lipinski definition) is 2. The van der Waals surface area contributed by atoms with E-state index in [2.05, 4.69) is 10.8 Å². The highest BCUT2D eigenvalue weighted by Crippen LogP contribution is 2.41. The molecule has 1 aliphatic heterocycles. The van der Waals surface area contributed by atoms with Crippen molar-refractivity contribution in [1.82, 2.24) is 4.90 Å². The van der Waals surface area contributed by atoms with Crippen molar-refractivity contribution in [3.05, 3.63) is 35.4 Å². The van der Waals surface area contributed by atoms with Gasteiger partial charge in [0.15, 0.2) is 0 Å². The van der Waals surface area contributed by atoms with Crippen LogP contribution in [0.5, 0.6) is 0 Å². The first kappa shape index (κ1) is 15.9. The summed E-state index contributed by atoms with van der Waals surface area (Å²) >= 11 is 0. The van der Waals surface area contributed by atoms with E-state index in [-0.39, 0.29) is 18.4 Å². The lowest BCUT2D eigenvalue weighted by atomic mass is 9.81. The van der Waals surface area contributed by atoms with Crippen LogP contribution in [0, 0.1) is 12.3 Å². The lowest BCUT2D eigenvalue weighted by molar-refractivity contribution is -0.141. The molecule has 1 N–H and O–H groups in total. The molecule has 0 spiro atoms. The molecule has 1 fully saturated rings. The quantitative estimate of drug-likeness (QED) is 0.867. The molecule has 114 valence electrons. The van der Waals surface area contributed by atoms with Gasteiger partial charge in [-0.2, -0.15) is 13.2 Å². The fourth-order valence-corrected chi connectivity index (χ4v) is 2.77. The van der Waals surface area contributed by atoms with Gasteiger partial charge in [0.25, 0.3) is 0 Å². The van der Waals surface area contributed by atoms with Crippen molar-refractivity contribution in [2.24, 2.45) is 0 Å². The Morgan fingerprint density at radius 1 is 1.24 bits per heavy atom. The minimum Gasteiger partial charge on any atom is -0.385 e. The SMILES string of the molecule is C#CCCN1CCC(O)(c2ccccc2C(F)(F)F)CC1. The van der Waals surface area contributed by atoms with Crippen molar-refractivity contribution in [2.45, 2.75) is 31.0 Å². The molecule has 0 aromatic heterocycles. The highest BCUT2D eigenvalue weighted by molar-refractivity contribution is 5.35. The Labute approximate surface area is 122 Å². The van der Waals surface area contributed by atoms with Gasteiger partial charge in [-0.15, -0.1) is 12.3 Å². The third-order valence-corrected chi connectivity index (χ3v) is 3.99. The summed E-state index contributed by atoms with van der Waals surface area (Å²) in [6.07, 6.45) is 1.93. The Kier molecular flexibility index (Phi) is 4.60. The summed E-state index contributed by atoms with van der Waals surface area (Å²) < 4.78 is 39.2. The molecule has 0 bridgehead atoms. The van der Waals surface area contributed by atoms with Crippen LogP contribution in [-0.4, -0.2) is 29.6 Å². The first-order valence-electron chi connectivity index (χ1n) is 6.92. The maximum atomic E-state index is 13.1. The lowest BCUT2D eigenvalue weighted by Gasteiger charge is -2.39. The number of likely N-dealkylation sites (tertiary alicyclic amines) is 1. The summed E-state index contributed by atoms with van der Waals surface area (Å²) in [4.78, 5) is 2.07. The molecular weight excluding hydrogens is 279 g/mol. The minimum atomic E-state index is -4.45. The Balaban J connectivity index is 2.18. The Bertz CT molecular complexity index is 525. The zero-order valence-electron chi connectivity index (χ0n) is 11.7. The van der Waals surface area contributed by atoms with Crippen molar-refractivity contribution in [1.29, 1.82) is 0 Å². The molecule has 1 heterocycles. The third-order valence-electron chi connectivity index (χ3n) is 3.99. The number of alkyl halides is 3. The molecule has 21 heavy (non-hydrogen) atoms. The average molecular weight is 297 g/mol. The summed E-state index contributed by atoms with van der Waals surface area (Å²) in [7, 11) is 0. The lowest BCUT2D eigenvalue weighted by Crippen LogP contribution is -2.43. The van der Waals surface area contributed by atoms with Gasteiger partial charge in [0, 0.05) is 26.1 Å². The maximum Gasteiger partial charge on any atom is 0.416 e. The van der Waals surface area contributed by atoms with Crippen molar-refractivity contribution in [3.63, 3.8) is 0 Å². The normalized spacial score (nSPS) is 19.2. The predicted molar refractivity (Wildman–Crippen MR) is 74.5 cm³/mol. The molecule has 0 saturated carbocycles. The van der Waals surface area contributed by atoms with Crippen LogP contribution in [-0.2, 0) is 11.8 Å². The van der Waals surface area contributed by atoms with E-state index >= 15 is 0 Å². The van der Waals surface area contributed by atoms with E-state index in [1.54, 1.807) is 0 Å². The number of terminal acetylenes is 1. The number of halogens is 3. The van der Waals surface area contributed by atoms with Crippen LogP contribution in [0.2, 0.25) is 0 Å². The largest absolute Gasteiger partial charge is 0.416 e. The van der Waals surface area contributed by atoms with E-state index in [9.17, 15) is 18.3 Å². The predicted octanol–water partition coefficient (Wildman–Crippen LogP) is 3.01. The number of hydrogen-bond donors (Lipinski definition) is 1. The highest BCUT2D eigenvalue weighted by Gasteiger charge is 2.41. The molecule has 0 unspecified atom stereocenters. The van der Waals surface area contributed by atoms with Crippen molar-refractivity contribution >= 4 is 0 Å². The van der Waals surface area contributed by atoms with Gasteiger partial charge in [0.05, 0.1) is 11.2 Å². The molecule has 0 aliphatic carbocycles. The summed E-state index contributed by atoms with van der Waals surface area (Å²) in [5.74, 6) is 2.54. The van der Waals surface area contributed by atoms with Crippen molar-refractivity contribution in [3.8, 4) is 12.3 Å². The van der Waals surface area contributed by atoms with Gasteiger partial charge in [-0.1, -0.05) is 18.2 Å². The summed E-state index contributed by atoms with van der Waals surface area (Å²) in [5, 5.41) is 10.7. The standard InChI is InChI=1S/C16H18F3NO/c1-2-3-10-20-11-8-15(21,9-12-20)13-6-4-5-7-14(13)16(17,18)19/h1,4-7,21H,3,8-12H2. The van der Waals surface area contributed by atoms with Crippen molar-refractivity contribution < 1.29 is 18.3 Å². The summed E-state index contributed by atoms with van der Waals surface area (Å²) in [5.41, 5.74) is -2.18. The Morgan fingerprint density at radius 3 is 2.43 bits per heavy atom. The number of aliphatic hydroxyl groups is 1. The van der Waals surface area contributed by atoms with E-state index in [4.69, 9.17) is 6.42 Å². The second kappa shape index (κ2) is 6.08. The summed E-state index contributed by atoms with van der Waals surface area (Å²) in [6.45, 7) is 1.81. The number of nitrogens with zero attached hydrogens (tertiary/aromatic N) is 1. The van der Waals surface area contributed by atoms with Gasteiger partial charge in [-0.3, -0.25) is 0 Å². The first-order chi connectivity index (χ1) is 9.87. The fourth-order valence-electron chi connectivity index (χ4n) is 2.77. The Morgan fingerprint density at radius 2 is 1.86 bits per heavy atom. The van der Waals surface area contributed by atoms with Crippen LogP contribution >= 0.6 is 0 Å². The molecule has 1 aromatic carbocycles. The molecule has 1 saturated heterocycles. The molecule has 2 rings (SSSR count). The molecular formula is C16H18F3NO. The van der Waals surface area contributed by atoms with Crippen LogP contribution in [0.3, 0.4) is 0 Å². The van der Waals surface area contributed by atoms with Crippen LogP contribution in [0.15, 0.2) is 24.3 Å². The maximum absolute atomic E-state index is 13.1. The van der Waals surface area contributed by atoms with E-state index in [0.29, 0.717) is 26.1 Å². The second-order valence-electron chi connectivity index (χ2n) is 5.37. The molecule has 0 atom stereocenters. The number of piperidine rings is 1. The van der Waals surface area contributed by atoms with E-state index in [1.807, 2.05) is 0 Å². The van der Waals surface area contributed by atoms with Crippen LogP contribution in [0.4, 0.5) is 13.2 Å². The zero-order chi connectivity index (χ0) is 15.5. The van der Waals surface area contributed by atoms with E-state index in [0.717, 1.165) is 6.07 Å². The zero-order valence-corrected chi connectivity index (χ0v) is 11.7. The first-order valence-corrected chi connectivity index (χ1v) is 6.92. The third kappa shape index (κ3) is 3.58. The van der Waals surface area contributed by atoms with E-state index < -0.39 is 17.3 Å². The highest BCUT2D eigenvalue weighted by atomic mass is 19.4. The molecule has 1 aliphatic rings. The average Bonchev–Trinajstić information content (AvgIpc) is 2.46. The fraction of sp³-hybridized carbons (Fsp3) is 0.500. The van der Waals surface area contributed by atoms with Gasteiger partial charge < -0.3 is 10.0 Å². The van der Waals surface area contributed by atoms with Crippen molar-refractivity contribution in [2.75, 3.05) is 19.6 Å². The monoisotopic (exact) mass is 297 g/mol. The summed E-state index contributed by atoms with van der Waals surface area (Å²) in [6, 6.07) is 5.28. The number of benzene rings is 1. The van der Waals surface area contributed by atoms with Crippen LogP contribution < -0.4 is 0 Å². The molecule has 2 nitrogen and oxygen atoms in total. The van der Waals surface area contributed by atoms with Crippen LogP contribution in [0.1, 0.15) is 30.4 Å². The molecule has 5 heteroatoms. The van der Waals surface area contributed by atoms with E-state index in [1.165, 1.54) is 18.2 Å².